The van der Waals surface area contributed by atoms with Gasteiger partial charge in [-0.3, -0.25) is 4.79 Å². The molecule has 0 bridgehead atoms. The molecule has 2 unspecified atom stereocenters. The Hall–Kier alpha value is -0.610. The van der Waals surface area contributed by atoms with Crippen LogP contribution in [0.2, 0.25) is 0 Å². The summed E-state index contributed by atoms with van der Waals surface area (Å²) in [4.78, 5) is 14.2. The number of amides is 1. The van der Waals surface area contributed by atoms with Crippen molar-refractivity contribution in [2.75, 3.05) is 26.7 Å². The van der Waals surface area contributed by atoms with Gasteiger partial charge < -0.3 is 15.0 Å². The first kappa shape index (κ1) is 11.9. The third-order valence-corrected chi connectivity index (χ3v) is 3.82. The number of hydrogen-bond donors (Lipinski definition) is 1. The fourth-order valence-electron chi connectivity index (χ4n) is 2.68. The molecule has 1 N–H and O–H groups in total. The minimum absolute atomic E-state index is 0.0548. The maximum Gasteiger partial charge on any atom is 0.239 e. The molecular weight excluding hydrogens is 204 g/mol. The van der Waals surface area contributed by atoms with E-state index >= 15 is 0 Å². The summed E-state index contributed by atoms with van der Waals surface area (Å²) in [5.74, 6) is 0.264. The van der Waals surface area contributed by atoms with Gasteiger partial charge in [-0.05, 0) is 39.2 Å². The van der Waals surface area contributed by atoms with Crippen molar-refractivity contribution in [1.82, 2.24) is 10.2 Å². The first-order valence-electron chi connectivity index (χ1n) is 6.22. The van der Waals surface area contributed by atoms with Gasteiger partial charge in [0, 0.05) is 20.2 Å². The molecular formula is C12H22N2O2. The molecule has 2 fully saturated rings. The van der Waals surface area contributed by atoms with E-state index in [1.54, 1.807) is 7.11 Å². The molecule has 2 saturated heterocycles. The fraction of sp³-hybridized carbons (Fsp3) is 0.917. The molecule has 2 aliphatic heterocycles. The van der Waals surface area contributed by atoms with Crippen molar-refractivity contribution in [3.63, 3.8) is 0 Å². The number of ether oxygens (including phenoxy) is 1. The Morgan fingerprint density at radius 3 is 2.94 bits per heavy atom. The number of hydrogen-bond acceptors (Lipinski definition) is 3. The van der Waals surface area contributed by atoms with Gasteiger partial charge in [0.05, 0.1) is 11.6 Å². The van der Waals surface area contributed by atoms with Crippen LogP contribution in [0.3, 0.4) is 0 Å². The zero-order valence-corrected chi connectivity index (χ0v) is 10.3. The van der Waals surface area contributed by atoms with Crippen molar-refractivity contribution in [2.24, 2.45) is 0 Å². The van der Waals surface area contributed by atoms with Crippen molar-refractivity contribution in [1.29, 1.82) is 0 Å². The van der Waals surface area contributed by atoms with Gasteiger partial charge in [0.25, 0.3) is 0 Å². The van der Waals surface area contributed by atoms with Crippen LogP contribution < -0.4 is 5.32 Å². The van der Waals surface area contributed by atoms with Crippen molar-refractivity contribution in [3.05, 3.63) is 0 Å². The summed E-state index contributed by atoms with van der Waals surface area (Å²) < 4.78 is 5.51. The Morgan fingerprint density at radius 2 is 2.31 bits per heavy atom. The highest BCUT2D eigenvalue weighted by molar-refractivity contribution is 5.82. The number of methoxy groups -OCH3 is 1. The monoisotopic (exact) mass is 226 g/mol. The number of rotatable bonds is 2. The maximum absolute atomic E-state index is 12.2. The van der Waals surface area contributed by atoms with Crippen LogP contribution in [0, 0.1) is 0 Å². The SMILES string of the molecule is COC1(C)CCCN(C(=O)C2CCCN2)C1. The van der Waals surface area contributed by atoms with E-state index in [9.17, 15) is 4.79 Å². The molecule has 2 aliphatic rings. The van der Waals surface area contributed by atoms with E-state index in [1.165, 1.54) is 0 Å². The second-order valence-corrected chi connectivity index (χ2v) is 5.17. The molecule has 0 aromatic carbocycles. The highest BCUT2D eigenvalue weighted by Crippen LogP contribution is 2.24. The molecule has 4 heteroatoms. The standard InChI is InChI=1S/C12H22N2O2/c1-12(16-2)6-4-8-14(9-12)11(15)10-5-3-7-13-10/h10,13H,3-9H2,1-2H3. The van der Waals surface area contributed by atoms with Gasteiger partial charge in [0.1, 0.15) is 0 Å². The van der Waals surface area contributed by atoms with E-state index in [4.69, 9.17) is 4.74 Å². The summed E-state index contributed by atoms with van der Waals surface area (Å²) in [7, 11) is 1.74. The zero-order chi connectivity index (χ0) is 11.6. The molecule has 16 heavy (non-hydrogen) atoms. The minimum Gasteiger partial charge on any atom is -0.377 e. The van der Waals surface area contributed by atoms with Crippen molar-refractivity contribution in [3.8, 4) is 0 Å². The summed E-state index contributed by atoms with van der Waals surface area (Å²) in [5.41, 5.74) is -0.146. The number of piperidine rings is 1. The minimum atomic E-state index is -0.146. The molecule has 0 aromatic heterocycles. The van der Waals surface area contributed by atoms with Crippen LogP contribution in [0.5, 0.6) is 0 Å². The summed E-state index contributed by atoms with van der Waals surface area (Å²) in [6, 6.07) is 0.0548. The first-order valence-corrected chi connectivity index (χ1v) is 6.22. The lowest BCUT2D eigenvalue weighted by Crippen LogP contribution is -2.53. The third-order valence-electron chi connectivity index (χ3n) is 3.82. The lowest BCUT2D eigenvalue weighted by atomic mass is 9.94. The van der Waals surface area contributed by atoms with Gasteiger partial charge in [0.15, 0.2) is 0 Å². The normalized spacial score (nSPS) is 35.4. The van der Waals surface area contributed by atoms with Gasteiger partial charge in [-0.2, -0.15) is 0 Å². The van der Waals surface area contributed by atoms with Crippen molar-refractivity contribution >= 4 is 5.91 Å². The van der Waals surface area contributed by atoms with Gasteiger partial charge in [0.2, 0.25) is 5.91 Å². The van der Waals surface area contributed by atoms with E-state index in [2.05, 4.69) is 12.2 Å². The van der Waals surface area contributed by atoms with Crippen LogP contribution in [0.15, 0.2) is 0 Å². The molecule has 0 aliphatic carbocycles. The summed E-state index contributed by atoms with van der Waals surface area (Å²) in [5, 5.41) is 3.27. The number of nitrogens with zero attached hydrogens (tertiary/aromatic N) is 1. The molecule has 4 nitrogen and oxygen atoms in total. The van der Waals surface area contributed by atoms with E-state index in [-0.39, 0.29) is 17.6 Å². The smallest absolute Gasteiger partial charge is 0.239 e. The van der Waals surface area contributed by atoms with Crippen molar-refractivity contribution < 1.29 is 9.53 Å². The van der Waals surface area contributed by atoms with E-state index in [0.717, 1.165) is 45.3 Å². The molecule has 1 amide bonds. The number of carbonyl (C=O) groups is 1. The largest absolute Gasteiger partial charge is 0.377 e. The average Bonchev–Trinajstić information content (AvgIpc) is 2.82. The molecule has 0 radical (unpaired) electrons. The highest BCUT2D eigenvalue weighted by atomic mass is 16.5. The Bertz CT molecular complexity index is 264. The Labute approximate surface area is 97.3 Å². The summed E-state index contributed by atoms with van der Waals surface area (Å²) >= 11 is 0. The molecule has 2 rings (SSSR count). The van der Waals surface area contributed by atoms with Crippen LogP contribution in [0.25, 0.3) is 0 Å². The number of likely N-dealkylation sites (tertiary alicyclic amines) is 1. The average molecular weight is 226 g/mol. The first-order chi connectivity index (χ1) is 7.64. The van der Waals surface area contributed by atoms with Gasteiger partial charge in [-0.25, -0.2) is 0 Å². The lowest BCUT2D eigenvalue weighted by Gasteiger charge is -2.40. The third kappa shape index (κ3) is 2.38. The van der Waals surface area contributed by atoms with Crippen LogP contribution in [0.4, 0.5) is 0 Å². The van der Waals surface area contributed by atoms with Crippen LogP contribution in [0.1, 0.15) is 32.6 Å². The molecule has 0 saturated carbocycles. The summed E-state index contributed by atoms with van der Waals surface area (Å²) in [6.45, 7) is 4.69. The molecule has 0 aromatic rings. The van der Waals surface area contributed by atoms with Crippen molar-refractivity contribution in [2.45, 2.75) is 44.2 Å². The van der Waals surface area contributed by atoms with Gasteiger partial charge in [-0.15, -0.1) is 0 Å². The van der Waals surface area contributed by atoms with Crippen LogP contribution in [-0.4, -0.2) is 49.2 Å². The summed E-state index contributed by atoms with van der Waals surface area (Å²) in [6.07, 6.45) is 4.19. The second kappa shape index (κ2) is 4.72. The fourth-order valence-corrected chi connectivity index (χ4v) is 2.68. The maximum atomic E-state index is 12.2. The Morgan fingerprint density at radius 1 is 1.50 bits per heavy atom. The highest BCUT2D eigenvalue weighted by Gasteiger charge is 2.35. The second-order valence-electron chi connectivity index (χ2n) is 5.17. The Balaban J connectivity index is 1.95. The quantitative estimate of drug-likeness (QED) is 0.756. The molecule has 2 heterocycles. The lowest BCUT2D eigenvalue weighted by molar-refractivity contribution is -0.141. The molecule has 92 valence electrons. The zero-order valence-electron chi connectivity index (χ0n) is 10.3. The van der Waals surface area contributed by atoms with Crippen LogP contribution >= 0.6 is 0 Å². The molecule has 2 atom stereocenters. The predicted octanol–water partition coefficient (Wildman–Crippen LogP) is 0.766. The number of carbonyl (C=O) groups excluding carboxylic acids is 1. The van der Waals surface area contributed by atoms with E-state index < -0.39 is 0 Å². The van der Waals surface area contributed by atoms with Gasteiger partial charge in [-0.1, -0.05) is 0 Å². The van der Waals surface area contributed by atoms with E-state index in [0.29, 0.717) is 0 Å². The van der Waals surface area contributed by atoms with E-state index in [1.807, 2.05) is 4.90 Å². The predicted molar refractivity (Wildman–Crippen MR) is 62.3 cm³/mol. The van der Waals surface area contributed by atoms with Gasteiger partial charge >= 0.3 is 0 Å². The van der Waals surface area contributed by atoms with Crippen LogP contribution in [-0.2, 0) is 9.53 Å². The topological polar surface area (TPSA) is 41.6 Å². The molecule has 0 spiro atoms. The number of nitrogens with one attached hydrogen (secondary N) is 1. The Kier molecular flexibility index (Phi) is 3.50.